The van der Waals surface area contributed by atoms with Gasteiger partial charge in [0.25, 0.3) is 5.91 Å². The monoisotopic (exact) mass is 419 g/mol. The van der Waals surface area contributed by atoms with Crippen LogP contribution in [0.1, 0.15) is 27.9 Å². The normalized spacial score (nSPS) is 11.2. The topological polar surface area (TPSA) is 96.4 Å². The third kappa shape index (κ3) is 4.43. The number of rotatable bonds is 6. The molecule has 10 heteroatoms. The minimum atomic E-state index is -4.90. The molecule has 0 saturated heterocycles. The Bertz CT molecular complexity index is 1090. The molecule has 0 radical (unpaired) electrons. The van der Waals surface area contributed by atoms with Gasteiger partial charge in [-0.3, -0.25) is 4.79 Å². The largest absolute Gasteiger partial charge is 0.573 e. The molecule has 2 aromatic carbocycles. The van der Waals surface area contributed by atoms with E-state index in [-0.39, 0.29) is 34.8 Å². The van der Waals surface area contributed by atoms with Crippen LogP contribution >= 0.6 is 0 Å². The van der Waals surface area contributed by atoms with E-state index < -0.39 is 24.0 Å². The number of nitrogens with two attached hydrogens (primary N) is 1. The molecule has 1 aromatic heterocycles. The number of alkyl halides is 3. The van der Waals surface area contributed by atoms with Crippen LogP contribution < -0.4 is 10.5 Å². The number of carbonyl (C=O) groups excluding carboxylic acids is 2. The van der Waals surface area contributed by atoms with Crippen LogP contribution in [0.3, 0.4) is 0 Å². The molecule has 0 atom stereocenters. The lowest BCUT2D eigenvalue weighted by atomic mass is 10.0. The molecular weight excluding hydrogens is 403 g/mol. The summed E-state index contributed by atoms with van der Waals surface area (Å²) in [5.74, 6) is -2.08. The summed E-state index contributed by atoms with van der Waals surface area (Å²) in [6.07, 6.45) is -4.90. The van der Waals surface area contributed by atoms with Crippen molar-refractivity contribution in [2.24, 2.45) is 5.73 Å². The molecule has 0 unspecified atom stereocenters. The molecule has 0 aliphatic rings. The van der Waals surface area contributed by atoms with Crippen molar-refractivity contribution in [1.82, 2.24) is 9.78 Å². The van der Waals surface area contributed by atoms with Crippen LogP contribution in [0.5, 0.6) is 5.75 Å². The molecule has 30 heavy (non-hydrogen) atoms. The molecule has 0 aliphatic carbocycles. The van der Waals surface area contributed by atoms with E-state index in [4.69, 9.17) is 10.5 Å². The standard InChI is InChI=1S/C20H16F3N3O4/c1-2-29-19(28)16-11-14(18(24)27)25-26(16)15-9-5-3-7-12(15)13-8-4-6-10-17(13)30-20(21,22)23/h3-11H,2H2,1H3,(H2,24,27). The van der Waals surface area contributed by atoms with Crippen LogP contribution in [0.15, 0.2) is 54.6 Å². The third-order valence-corrected chi connectivity index (χ3v) is 3.98. The number of esters is 1. The maximum atomic E-state index is 12.9. The maximum absolute atomic E-state index is 12.9. The summed E-state index contributed by atoms with van der Waals surface area (Å²) in [5, 5.41) is 4.05. The lowest BCUT2D eigenvalue weighted by Gasteiger charge is -2.16. The van der Waals surface area contributed by atoms with E-state index >= 15 is 0 Å². The number of carbonyl (C=O) groups is 2. The van der Waals surface area contributed by atoms with E-state index in [0.717, 1.165) is 10.7 Å². The van der Waals surface area contributed by atoms with Crippen LogP contribution in [0.25, 0.3) is 16.8 Å². The van der Waals surface area contributed by atoms with E-state index in [2.05, 4.69) is 9.84 Å². The van der Waals surface area contributed by atoms with Gasteiger partial charge in [0.15, 0.2) is 11.4 Å². The fraction of sp³-hybridized carbons (Fsp3) is 0.150. The molecule has 3 rings (SSSR count). The highest BCUT2D eigenvalue weighted by Crippen LogP contribution is 2.37. The van der Waals surface area contributed by atoms with Gasteiger partial charge < -0.3 is 15.2 Å². The highest BCUT2D eigenvalue weighted by molar-refractivity contribution is 5.96. The fourth-order valence-electron chi connectivity index (χ4n) is 2.82. The van der Waals surface area contributed by atoms with Crippen molar-refractivity contribution < 1.29 is 32.2 Å². The molecular formula is C20H16F3N3O4. The van der Waals surface area contributed by atoms with Crippen molar-refractivity contribution >= 4 is 11.9 Å². The van der Waals surface area contributed by atoms with E-state index in [9.17, 15) is 22.8 Å². The molecule has 0 bridgehead atoms. The molecule has 2 N–H and O–H groups in total. The molecule has 0 spiro atoms. The molecule has 0 fully saturated rings. The first kappa shape index (κ1) is 20.9. The number of ether oxygens (including phenoxy) is 2. The van der Waals surface area contributed by atoms with Crippen molar-refractivity contribution in [3.05, 3.63) is 66.0 Å². The van der Waals surface area contributed by atoms with Crippen LogP contribution in [0.2, 0.25) is 0 Å². The summed E-state index contributed by atoms with van der Waals surface area (Å²) in [5.41, 5.74) is 5.59. The molecule has 1 amide bonds. The molecule has 0 aliphatic heterocycles. The number of halogens is 3. The second-order valence-electron chi connectivity index (χ2n) is 5.97. The van der Waals surface area contributed by atoms with E-state index in [1.165, 1.54) is 30.3 Å². The molecule has 7 nitrogen and oxygen atoms in total. The Morgan fingerprint density at radius 3 is 2.33 bits per heavy atom. The van der Waals surface area contributed by atoms with Gasteiger partial charge in [-0.15, -0.1) is 13.2 Å². The van der Waals surface area contributed by atoms with Crippen molar-refractivity contribution in [2.45, 2.75) is 13.3 Å². The number of aromatic nitrogens is 2. The summed E-state index contributed by atoms with van der Waals surface area (Å²) < 4.78 is 48.8. The third-order valence-electron chi connectivity index (χ3n) is 3.98. The van der Waals surface area contributed by atoms with Crippen LogP contribution in [-0.2, 0) is 4.74 Å². The first-order valence-corrected chi connectivity index (χ1v) is 8.72. The van der Waals surface area contributed by atoms with E-state index in [1.807, 2.05) is 0 Å². The van der Waals surface area contributed by atoms with Crippen LogP contribution in [-0.4, -0.2) is 34.6 Å². The Balaban J connectivity index is 2.21. The number of nitrogens with zero attached hydrogens (tertiary/aromatic N) is 2. The van der Waals surface area contributed by atoms with Gasteiger partial charge in [-0.2, -0.15) is 5.10 Å². The van der Waals surface area contributed by atoms with E-state index in [1.54, 1.807) is 25.1 Å². The van der Waals surface area contributed by atoms with Crippen molar-refractivity contribution in [3.63, 3.8) is 0 Å². The zero-order valence-corrected chi connectivity index (χ0v) is 15.6. The predicted molar refractivity (Wildman–Crippen MR) is 100 cm³/mol. The second kappa shape index (κ2) is 8.27. The van der Waals surface area contributed by atoms with Gasteiger partial charge in [0.05, 0.1) is 12.3 Å². The first-order chi connectivity index (χ1) is 14.2. The first-order valence-electron chi connectivity index (χ1n) is 8.72. The minimum absolute atomic E-state index is 0.0693. The quantitative estimate of drug-likeness (QED) is 0.615. The zero-order valence-electron chi connectivity index (χ0n) is 15.6. The molecule has 3 aromatic rings. The lowest BCUT2D eigenvalue weighted by molar-refractivity contribution is -0.274. The number of hydrogen-bond acceptors (Lipinski definition) is 5. The van der Waals surface area contributed by atoms with Crippen LogP contribution in [0, 0.1) is 0 Å². The number of benzene rings is 2. The molecule has 156 valence electrons. The predicted octanol–water partition coefficient (Wildman–Crippen LogP) is 3.71. The van der Waals surface area contributed by atoms with Gasteiger partial charge in [-0.05, 0) is 19.1 Å². The zero-order chi connectivity index (χ0) is 21.9. The highest BCUT2D eigenvalue weighted by atomic mass is 19.4. The van der Waals surface area contributed by atoms with Gasteiger partial charge in [0, 0.05) is 17.2 Å². The fourth-order valence-corrected chi connectivity index (χ4v) is 2.82. The molecule has 0 saturated carbocycles. The number of para-hydroxylation sites is 2. The van der Waals surface area contributed by atoms with Gasteiger partial charge >= 0.3 is 12.3 Å². The average Bonchev–Trinajstić information content (AvgIpc) is 3.13. The Hall–Kier alpha value is -3.82. The van der Waals surface area contributed by atoms with Gasteiger partial charge in [-0.25, -0.2) is 9.48 Å². The van der Waals surface area contributed by atoms with Crippen molar-refractivity contribution in [2.75, 3.05) is 6.61 Å². The summed E-state index contributed by atoms with van der Waals surface area (Å²) in [7, 11) is 0. The summed E-state index contributed by atoms with van der Waals surface area (Å²) in [6.45, 7) is 1.67. The van der Waals surface area contributed by atoms with Crippen molar-refractivity contribution in [3.8, 4) is 22.6 Å². The number of primary amides is 1. The Morgan fingerprint density at radius 2 is 1.70 bits per heavy atom. The Morgan fingerprint density at radius 1 is 1.07 bits per heavy atom. The van der Waals surface area contributed by atoms with Gasteiger partial charge in [0.2, 0.25) is 0 Å². The Kier molecular flexibility index (Phi) is 5.77. The highest BCUT2D eigenvalue weighted by Gasteiger charge is 2.32. The summed E-state index contributed by atoms with van der Waals surface area (Å²) >= 11 is 0. The van der Waals surface area contributed by atoms with Gasteiger partial charge in [-0.1, -0.05) is 36.4 Å². The SMILES string of the molecule is CCOC(=O)c1cc(C(N)=O)nn1-c1ccccc1-c1ccccc1OC(F)(F)F. The lowest BCUT2D eigenvalue weighted by Crippen LogP contribution is -2.18. The number of hydrogen-bond donors (Lipinski definition) is 1. The number of amides is 1. The van der Waals surface area contributed by atoms with Crippen LogP contribution in [0.4, 0.5) is 13.2 Å². The van der Waals surface area contributed by atoms with E-state index in [0.29, 0.717) is 0 Å². The average molecular weight is 419 g/mol. The minimum Gasteiger partial charge on any atom is -0.461 e. The summed E-state index contributed by atoms with van der Waals surface area (Å²) in [4.78, 5) is 24.0. The Labute approximate surface area is 168 Å². The van der Waals surface area contributed by atoms with Gasteiger partial charge in [0.1, 0.15) is 5.75 Å². The smallest absolute Gasteiger partial charge is 0.461 e. The molecule has 1 heterocycles. The maximum Gasteiger partial charge on any atom is 0.573 e. The summed E-state index contributed by atoms with van der Waals surface area (Å²) in [6, 6.07) is 13.0. The second-order valence-corrected chi connectivity index (χ2v) is 5.97. The van der Waals surface area contributed by atoms with Crippen molar-refractivity contribution in [1.29, 1.82) is 0 Å².